The van der Waals surface area contributed by atoms with Gasteiger partial charge in [-0.2, -0.15) is 8.78 Å². The molecule has 5 heteroatoms. The van der Waals surface area contributed by atoms with Crippen LogP contribution in [0.5, 0.6) is 5.75 Å². The van der Waals surface area contributed by atoms with Crippen LogP contribution in [0, 0.1) is 0 Å². The van der Waals surface area contributed by atoms with E-state index in [4.69, 9.17) is 0 Å². The highest BCUT2D eigenvalue weighted by Crippen LogP contribution is 2.29. The van der Waals surface area contributed by atoms with E-state index in [1.54, 1.807) is 29.2 Å². The van der Waals surface area contributed by atoms with E-state index in [9.17, 15) is 13.6 Å². The smallest absolute Gasteiger partial charge is 0.387 e. The number of rotatable bonds is 8. The average Bonchev–Trinajstić information content (AvgIpc) is 2.79. The van der Waals surface area contributed by atoms with E-state index in [1.807, 2.05) is 68.4 Å². The topological polar surface area (TPSA) is 29.5 Å². The predicted molar refractivity (Wildman–Crippen MR) is 121 cm³/mol. The van der Waals surface area contributed by atoms with E-state index in [2.05, 4.69) is 4.74 Å². The summed E-state index contributed by atoms with van der Waals surface area (Å²) in [4.78, 5) is 15.0. The quantitative estimate of drug-likeness (QED) is 0.313. The Hall–Kier alpha value is -3.47. The molecule has 0 aromatic heterocycles. The average molecular weight is 421 g/mol. The Labute approximate surface area is 181 Å². The molecule has 0 atom stereocenters. The summed E-state index contributed by atoms with van der Waals surface area (Å²) in [5, 5.41) is 0. The fourth-order valence-electron chi connectivity index (χ4n) is 3.38. The van der Waals surface area contributed by atoms with Crippen molar-refractivity contribution < 1.29 is 18.3 Å². The molecule has 0 saturated heterocycles. The molecule has 3 aromatic carbocycles. The number of halogens is 2. The summed E-state index contributed by atoms with van der Waals surface area (Å²) in [5.74, 6) is -0.132. The number of carbonyl (C=O) groups is 1. The second-order valence-electron chi connectivity index (χ2n) is 6.90. The molecule has 0 spiro atoms. The van der Waals surface area contributed by atoms with Crippen molar-refractivity contribution in [2.45, 2.75) is 20.5 Å². The van der Waals surface area contributed by atoms with Crippen LogP contribution in [0.1, 0.15) is 25.0 Å². The summed E-state index contributed by atoms with van der Waals surface area (Å²) in [6.45, 7) is 1.96. The van der Waals surface area contributed by atoms with Gasteiger partial charge >= 0.3 is 6.61 Å². The molecular weight excluding hydrogens is 396 g/mol. The van der Waals surface area contributed by atoms with Gasteiger partial charge in [-0.1, -0.05) is 72.8 Å². The summed E-state index contributed by atoms with van der Waals surface area (Å²) < 4.78 is 30.3. The molecule has 0 fully saturated rings. The van der Waals surface area contributed by atoms with Gasteiger partial charge in [0, 0.05) is 24.2 Å². The van der Waals surface area contributed by atoms with Crippen LogP contribution in [-0.2, 0) is 4.79 Å². The van der Waals surface area contributed by atoms with Crippen molar-refractivity contribution in [3.63, 3.8) is 0 Å². The molecule has 0 N–H and O–H groups in total. The Morgan fingerprint density at radius 1 is 0.871 bits per heavy atom. The van der Waals surface area contributed by atoms with E-state index in [0.717, 1.165) is 11.1 Å². The maximum Gasteiger partial charge on any atom is 0.387 e. The van der Waals surface area contributed by atoms with Gasteiger partial charge in [0.25, 0.3) is 5.91 Å². The lowest BCUT2D eigenvalue weighted by Crippen LogP contribution is -2.31. The van der Waals surface area contributed by atoms with Crippen molar-refractivity contribution in [2.75, 3.05) is 13.1 Å². The number of carbonyl (C=O) groups excluding carboxylic acids is 1. The monoisotopic (exact) mass is 421 g/mol. The molecule has 0 aliphatic carbocycles. The normalized spacial score (nSPS) is 11.5. The fourth-order valence-corrected chi connectivity index (χ4v) is 3.38. The SMILES string of the molecule is CCN(CC)C(=O)C(=Cc1ccccc1OC(F)F)c1ccc(-c2ccccc2)cc1. The molecule has 31 heavy (non-hydrogen) atoms. The minimum Gasteiger partial charge on any atom is -0.434 e. The molecule has 0 unspecified atom stereocenters. The van der Waals surface area contributed by atoms with Gasteiger partial charge in [-0.15, -0.1) is 0 Å². The third-order valence-electron chi connectivity index (χ3n) is 5.02. The van der Waals surface area contributed by atoms with Gasteiger partial charge < -0.3 is 9.64 Å². The second kappa shape index (κ2) is 10.5. The first-order chi connectivity index (χ1) is 15.0. The van der Waals surface area contributed by atoms with Gasteiger partial charge in [0.05, 0.1) is 0 Å². The molecule has 0 heterocycles. The minimum atomic E-state index is -2.94. The molecule has 160 valence electrons. The Morgan fingerprint density at radius 2 is 1.45 bits per heavy atom. The first-order valence-electron chi connectivity index (χ1n) is 10.2. The van der Waals surface area contributed by atoms with E-state index < -0.39 is 6.61 Å². The number of likely N-dealkylation sites (N-methyl/N-ethyl adjacent to an activating group) is 1. The van der Waals surface area contributed by atoms with Crippen LogP contribution in [0.4, 0.5) is 8.78 Å². The lowest BCUT2D eigenvalue weighted by Gasteiger charge is -2.21. The van der Waals surface area contributed by atoms with Crippen molar-refractivity contribution in [1.82, 2.24) is 4.90 Å². The Bertz CT molecular complexity index is 1030. The summed E-state index contributed by atoms with van der Waals surface area (Å²) in [6.07, 6.45) is 1.62. The van der Waals surface area contributed by atoms with Crippen LogP contribution in [-0.4, -0.2) is 30.5 Å². The first kappa shape index (κ1) is 22.2. The summed E-state index contributed by atoms with van der Waals surface area (Å²) in [6, 6.07) is 24.1. The van der Waals surface area contributed by atoms with Crippen molar-refractivity contribution in [3.8, 4) is 16.9 Å². The summed E-state index contributed by atoms with van der Waals surface area (Å²) in [5.41, 5.74) is 3.66. The number of para-hydroxylation sites is 1. The molecule has 3 aromatic rings. The van der Waals surface area contributed by atoms with Gasteiger partial charge in [-0.25, -0.2) is 0 Å². The largest absolute Gasteiger partial charge is 0.434 e. The highest BCUT2D eigenvalue weighted by molar-refractivity contribution is 6.24. The van der Waals surface area contributed by atoms with E-state index in [-0.39, 0.29) is 11.7 Å². The van der Waals surface area contributed by atoms with Crippen molar-refractivity contribution >= 4 is 17.6 Å². The summed E-state index contributed by atoms with van der Waals surface area (Å²) in [7, 11) is 0. The number of nitrogens with zero attached hydrogens (tertiary/aromatic N) is 1. The number of hydrogen-bond donors (Lipinski definition) is 0. The lowest BCUT2D eigenvalue weighted by atomic mass is 9.97. The lowest BCUT2D eigenvalue weighted by molar-refractivity contribution is -0.124. The zero-order chi connectivity index (χ0) is 22.2. The Balaban J connectivity index is 2.06. The molecule has 1 amide bonds. The van der Waals surface area contributed by atoms with Crippen LogP contribution in [0.2, 0.25) is 0 Å². The van der Waals surface area contributed by atoms with Gasteiger partial charge in [0.15, 0.2) is 0 Å². The third kappa shape index (κ3) is 5.57. The van der Waals surface area contributed by atoms with E-state index >= 15 is 0 Å². The molecule has 0 radical (unpaired) electrons. The number of alkyl halides is 2. The van der Waals surface area contributed by atoms with E-state index in [0.29, 0.717) is 29.8 Å². The molecule has 0 saturated carbocycles. The van der Waals surface area contributed by atoms with Crippen LogP contribution in [0.15, 0.2) is 78.9 Å². The minimum absolute atomic E-state index is 0.0308. The van der Waals surface area contributed by atoms with E-state index in [1.165, 1.54) is 6.07 Å². The van der Waals surface area contributed by atoms with Crippen LogP contribution in [0.3, 0.4) is 0 Å². The number of hydrogen-bond acceptors (Lipinski definition) is 2. The fraction of sp³-hybridized carbons (Fsp3) is 0.192. The molecule has 0 aliphatic heterocycles. The van der Waals surface area contributed by atoms with Gasteiger partial charge in [0.1, 0.15) is 5.75 Å². The number of benzene rings is 3. The summed E-state index contributed by atoms with van der Waals surface area (Å²) >= 11 is 0. The van der Waals surface area contributed by atoms with Gasteiger partial charge in [-0.05, 0) is 42.7 Å². The molecule has 3 rings (SSSR count). The van der Waals surface area contributed by atoms with Crippen molar-refractivity contribution in [1.29, 1.82) is 0 Å². The Morgan fingerprint density at radius 3 is 2.06 bits per heavy atom. The van der Waals surface area contributed by atoms with Gasteiger partial charge in [-0.3, -0.25) is 4.79 Å². The zero-order valence-electron chi connectivity index (χ0n) is 17.6. The standard InChI is InChI=1S/C26H25F2NO2/c1-3-29(4-2)25(30)23(18-22-12-8-9-13-24(22)31-26(27)28)21-16-14-20(15-17-21)19-10-6-5-7-11-19/h5-18,26H,3-4H2,1-2H3. The maximum absolute atomic E-state index is 13.3. The Kier molecular flexibility index (Phi) is 7.55. The maximum atomic E-state index is 13.3. The number of amides is 1. The van der Waals surface area contributed by atoms with Crippen LogP contribution in [0.25, 0.3) is 22.8 Å². The molecule has 0 aliphatic rings. The highest BCUT2D eigenvalue weighted by Gasteiger charge is 2.19. The van der Waals surface area contributed by atoms with Gasteiger partial charge in [0.2, 0.25) is 0 Å². The third-order valence-corrected chi connectivity index (χ3v) is 5.02. The highest BCUT2D eigenvalue weighted by atomic mass is 19.3. The van der Waals surface area contributed by atoms with Crippen LogP contribution < -0.4 is 4.74 Å². The molecular formula is C26H25F2NO2. The second-order valence-corrected chi connectivity index (χ2v) is 6.90. The van der Waals surface area contributed by atoms with Crippen molar-refractivity contribution in [3.05, 3.63) is 90.0 Å². The zero-order valence-corrected chi connectivity index (χ0v) is 17.6. The first-order valence-corrected chi connectivity index (χ1v) is 10.2. The molecule has 3 nitrogen and oxygen atoms in total. The molecule has 0 bridgehead atoms. The van der Waals surface area contributed by atoms with Crippen LogP contribution >= 0.6 is 0 Å². The number of ether oxygens (including phenoxy) is 1. The van der Waals surface area contributed by atoms with Crippen molar-refractivity contribution in [2.24, 2.45) is 0 Å². The predicted octanol–water partition coefficient (Wildman–Crippen LogP) is 6.36.